The Kier molecular flexibility index (Phi) is 3.93. The quantitative estimate of drug-likeness (QED) is 0.703. The molecule has 1 aliphatic rings. The summed E-state index contributed by atoms with van der Waals surface area (Å²) < 4.78 is 19.1. The summed E-state index contributed by atoms with van der Waals surface area (Å²) in [6.07, 6.45) is 4.76. The second-order valence-corrected chi connectivity index (χ2v) is 5.39. The molecule has 1 aliphatic carbocycles. The average molecular weight is 291 g/mol. The number of halogens is 2. The van der Waals surface area contributed by atoms with E-state index in [0.717, 1.165) is 18.6 Å². The van der Waals surface area contributed by atoms with Crippen LogP contribution in [0.3, 0.4) is 0 Å². The molecular weight excluding hydrogens is 275 g/mol. The van der Waals surface area contributed by atoms with Gasteiger partial charge in [0.25, 0.3) is 0 Å². The lowest BCUT2D eigenvalue weighted by Gasteiger charge is -2.17. The van der Waals surface area contributed by atoms with Crippen molar-refractivity contribution in [2.45, 2.75) is 31.6 Å². The molecule has 104 valence electrons. The summed E-state index contributed by atoms with van der Waals surface area (Å²) in [4.78, 5) is 0. The fraction of sp³-hybridized carbons (Fsp3) is 0.294. The van der Waals surface area contributed by atoms with Crippen molar-refractivity contribution in [3.8, 4) is 11.5 Å². The molecule has 2 aromatic carbocycles. The summed E-state index contributed by atoms with van der Waals surface area (Å²) in [5.41, 5.74) is 3.45. The van der Waals surface area contributed by atoms with Crippen LogP contribution < -0.4 is 4.74 Å². The van der Waals surface area contributed by atoms with Crippen LogP contribution in [0, 0.1) is 5.82 Å². The van der Waals surface area contributed by atoms with Crippen molar-refractivity contribution in [1.82, 2.24) is 0 Å². The molecule has 0 amide bonds. The fourth-order valence-corrected chi connectivity index (χ4v) is 2.86. The maximum Gasteiger partial charge on any atom is 0.132 e. The Hall–Kier alpha value is -1.54. The maximum atomic E-state index is 13.2. The van der Waals surface area contributed by atoms with E-state index in [-0.39, 0.29) is 11.7 Å². The Morgan fingerprint density at radius 3 is 2.60 bits per heavy atom. The van der Waals surface area contributed by atoms with E-state index in [0.29, 0.717) is 11.3 Å². The number of hydrogen-bond acceptors (Lipinski definition) is 1. The van der Waals surface area contributed by atoms with Crippen LogP contribution in [0.2, 0.25) is 0 Å². The zero-order chi connectivity index (χ0) is 13.9. The Balaban J connectivity index is 1.87. The van der Waals surface area contributed by atoms with Gasteiger partial charge in [0.2, 0.25) is 0 Å². The van der Waals surface area contributed by atoms with Gasteiger partial charge in [-0.15, -0.1) is 11.6 Å². The molecule has 2 aromatic rings. The molecule has 0 N–H and O–H groups in total. The van der Waals surface area contributed by atoms with Gasteiger partial charge in [0.05, 0.1) is 5.88 Å². The van der Waals surface area contributed by atoms with Gasteiger partial charge in [0, 0.05) is 5.56 Å². The molecule has 0 aliphatic heterocycles. The molecule has 1 nitrogen and oxygen atoms in total. The van der Waals surface area contributed by atoms with E-state index in [9.17, 15) is 4.39 Å². The van der Waals surface area contributed by atoms with E-state index in [2.05, 4.69) is 12.1 Å². The number of rotatable bonds is 3. The maximum absolute atomic E-state index is 13.2. The highest BCUT2D eigenvalue weighted by Gasteiger charge is 2.11. The smallest absolute Gasteiger partial charge is 0.132 e. The predicted molar refractivity (Wildman–Crippen MR) is 79.1 cm³/mol. The van der Waals surface area contributed by atoms with E-state index < -0.39 is 0 Å². The number of benzene rings is 2. The van der Waals surface area contributed by atoms with Crippen LogP contribution in [-0.4, -0.2) is 0 Å². The average Bonchev–Trinajstić information content (AvgIpc) is 2.49. The van der Waals surface area contributed by atoms with Crippen LogP contribution in [0.15, 0.2) is 36.4 Å². The Morgan fingerprint density at radius 1 is 1.00 bits per heavy atom. The normalized spacial score (nSPS) is 13.9. The Labute approximate surface area is 123 Å². The minimum Gasteiger partial charge on any atom is -0.457 e. The van der Waals surface area contributed by atoms with Gasteiger partial charge in [-0.25, -0.2) is 4.39 Å². The van der Waals surface area contributed by atoms with Crippen molar-refractivity contribution in [2.75, 3.05) is 0 Å². The third kappa shape index (κ3) is 2.80. The minimum atomic E-state index is -0.293. The van der Waals surface area contributed by atoms with Gasteiger partial charge in [-0.2, -0.15) is 0 Å². The van der Waals surface area contributed by atoms with Gasteiger partial charge in [-0.05, 0) is 67.1 Å². The molecule has 0 unspecified atom stereocenters. The zero-order valence-corrected chi connectivity index (χ0v) is 11.9. The van der Waals surface area contributed by atoms with Crippen LogP contribution in [0.4, 0.5) is 4.39 Å². The van der Waals surface area contributed by atoms with Gasteiger partial charge in [0.1, 0.15) is 17.3 Å². The van der Waals surface area contributed by atoms with E-state index in [1.165, 1.54) is 36.1 Å². The van der Waals surface area contributed by atoms with Crippen molar-refractivity contribution >= 4 is 11.6 Å². The fourth-order valence-electron chi connectivity index (χ4n) is 2.65. The van der Waals surface area contributed by atoms with E-state index in [4.69, 9.17) is 16.3 Å². The van der Waals surface area contributed by atoms with Gasteiger partial charge >= 0.3 is 0 Å². The van der Waals surface area contributed by atoms with E-state index in [1.54, 1.807) is 6.07 Å². The lowest BCUT2D eigenvalue weighted by atomic mass is 9.92. The molecule has 0 fully saturated rings. The predicted octanol–water partition coefficient (Wildman–Crippen LogP) is 5.24. The first-order valence-corrected chi connectivity index (χ1v) is 7.44. The molecule has 0 saturated carbocycles. The molecule has 20 heavy (non-hydrogen) atoms. The van der Waals surface area contributed by atoms with E-state index in [1.807, 2.05) is 6.07 Å². The van der Waals surface area contributed by atoms with Gasteiger partial charge < -0.3 is 4.74 Å². The van der Waals surface area contributed by atoms with Crippen molar-refractivity contribution in [1.29, 1.82) is 0 Å². The second kappa shape index (κ2) is 5.84. The number of hydrogen-bond donors (Lipinski definition) is 0. The second-order valence-electron chi connectivity index (χ2n) is 5.13. The van der Waals surface area contributed by atoms with Crippen LogP contribution >= 0.6 is 11.6 Å². The van der Waals surface area contributed by atoms with Crippen molar-refractivity contribution in [2.24, 2.45) is 0 Å². The minimum absolute atomic E-state index is 0.234. The molecule has 0 spiro atoms. The summed E-state index contributed by atoms with van der Waals surface area (Å²) in [5.74, 6) is 1.36. The standard InChI is InChI=1S/C17H16ClFO/c18-11-14-9-15(19)6-8-17(14)20-16-7-5-12-3-1-2-4-13(12)10-16/h5-10H,1-4,11H2. The van der Waals surface area contributed by atoms with Crippen LogP contribution in [0.5, 0.6) is 11.5 Å². The largest absolute Gasteiger partial charge is 0.457 e. The first-order valence-electron chi connectivity index (χ1n) is 6.90. The first-order chi connectivity index (χ1) is 9.76. The number of alkyl halides is 1. The highest BCUT2D eigenvalue weighted by molar-refractivity contribution is 6.17. The number of ether oxygens (including phenoxy) is 1. The van der Waals surface area contributed by atoms with Gasteiger partial charge in [0.15, 0.2) is 0 Å². The third-order valence-electron chi connectivity index (χ3n) is 3.71. The molecule has 0 radical (unpaired) electrons. The van der Waals surface area contributed by atoms with E-state index >= 15 is 0 Å². The summed E-state index contributed by atoms with van der Waals surface area (Å²) in [5, 5.41) is 0. The summed E-state index contributed by atoms with van der Waals surface area (Å²) in [7, 11) is 0. The third-order valence-corrected chi connectivity index (χ3v) is 4.00. The lowest BCUT2D eigenvalue weighted by molar-refractivity contribution is 0.474. The van der Waals surface area contributed by atoms with Gasteiger partial charge in [-0.1, -0.05) is 6.07 Å². The van der Waals surface area contributed by atoms with Gasteiger partial charge in [-0.3, -0.25) is 0 Å². The Morgan fingerprint density at radius 2 is 1.80 bits per heavy atom. The summed E-state index contributed by atoms with van der Waals surface area (Å²) in [6, 6.07) is 10.6. The molecule has 3 rings (SSSR count). The highest BCUT2D eigenvalue weighted by Crippen LogP contribution is 2.30. The monoisotopic (exact) mass is 290 g/mol. The topological polar surface area (TPSA) is 9.23 Å². The van der Waals surface area contributed by atoms with Crippen LogP contribution in [0.25, 0.3) is 0 Å². The first kappa shape index (κ1) is 13.4. The highest BCUT2D eigenvalue weighted by atomic mass is 35.5. The van der Waals surface area contributed by atoms with Crippen molar-refractivity contribution in [3.05, 3.63) is 58.9 Å². The number of aryl methyl sites for hydroxylation is 2. The van der Waals surface area contributed by atoms with Crippen molar-refractivity contribution < 1.29 is 9.13 Å². The molecular formula is C17H16ClFO. The van der Waals surface area contributed by atoms with Crippen LogP contribution in [0.1, 0.15) is 29.5 Å². The molecule has 3 heteroatoms. The molecule has 0 heterocycles. The Bertz CT molecular complexity index is 624. The molecule has 0 bridgehead atoms. The molecule has 0 aromatic heterocycles. The summed E-state index contributed by atoms with van der Waals surface area (Å²) >= 11 is 5.84. The molecule has 0 atom stereocenters. The lowest BCUT2D eigenvalue weighted by Crippen LogP contribution is -2.02. The number of fused-ring (bicyclic) bond motifs is 1. The van der Waals surface area contributed by atoms with Crippen molar-refractivity contribution in [3.63, 3.8) is 0 Å². The molecule has 0 saturated heterocycles. The SMILES string of the molecule is Fc1ccc(Oc2ccc3c(c2)CCCC3)c(CCl)c1. The zero-order valence-electron chi connectivity index (χ0n) is 11.2. The van der Waals surface area contributed by atoms with Crippen LogP contribution in [-0.2, 0) is 18.7 Å². The summed E-state index contributed by atoms with van der Waals surface area (Å²) in [6.45, 7) is 0.